The Hall–Kier alpha value is -2.11. The monoisotopic (exact) mass is 360 g/mol. The molecular weight excluding hydrogens is 344 g/mol. The van der Waals surface area contributed by atoms with E-state index in [1.54, 1.807) is 29.8 Å². The van der Waals surface area contributed by atoms with Crippen molar-refractivity contribution in [3.63, 3.8) is 0 Å². The first kappa shape index (κ1) is 16.7. The van der Waals surface area contributed by atoms with E-state index < -0.39 is 0 Å². The molecule has 4 nitrogen and oxygen atoms in total. The maximum atomic E-state index is 12.5. The SMILES string of the molecule is CCCCOc1cccc(C(=O)Nc2ccc(Cl)c3ncsc23)c1. The molecule has 0 aliphatic carbocycles. The van der Waals surface area contributed by atoms with Gasteiger partial charge in [0.1, 0.15) is 11.3 Å². The quantitative estimate of drug-likeness (QED) is 0.600. The Morgan fingerprint density at radius 1 is 1.33 bits per heavy atom. The predicted octanol–water partition coefficient (Wildman–Crippen LogP) is 5.38. The van der Waals surface area contributed by atoms with Crippen molar-refractivity contribution in [2.24, 2.45) is 0 Å². The summed E-state index contributed by atoms with van der Waals surface area (Å²) >= 11 is 7.57. The number of nitrogens with zero attached hydrogens (tertiary/aromatic N) is 1. The van der Waals surface area contributed by atoms with Crippen LogP contribution in [0.5, 0.6) is 5.75 Å². The second-order valence-electron chi connectivity index (χ2n) is 5.31. The van der Waals surface area contributed by atoms with Gasteiger partial charge in [-0.05, 0) is 36.8 Å². The molecular formula is C18H17ClN2O2S. The van der Waals surface area contributed by atoms with Crippen molar-refractivity contribution in [2.75, 3.05) is 11.9 Å². The summed E-state index contributed by atoms with van der Waals surface area (Å²) < 4.78 is 6.52. The van der Waals surface area contributed by atoms with E-state index in [2.05, 4.69) is 17.2 Å². The van der Waals surface area contributed by atoms with Crippen LogP contribution < -0.4 is 10.1 Å². The van der Waals surface area contributed by atoms with Crippen molar-refractivity contribution < 1.29 is 9.53 Å². The van der Waals surface area contributed by atoms with Gasteiger partial charge in [-0.15, -0.1) is 11.3 Å². The van der Waals surface area contributed by atoms with Crippen LogP contribution in [0, 0.1) is 0 Å². The number of anilines is 1. The molecule has 124 valence electrons. The van der Waals surface area contributed by atoms with E-state index in [9.17, 15) is 4.79 Å². The van der Waals surface area contributed by atoms with Gasteiger partial charge in [0.15, 0.2) is 0 Å². The number of carbonyl (C=O) groups excluding carboxylic acids is 1. The average Bonchev–Trinajstić information content (AvgIpc) is 3.09. The van der Waals surface area contributed by atoms with Crippen LogP contribution in [0.2, 0.25) is 5.02 Å². The van der Waals surface area contributed by atoms with E-state index in [1.165, 1.54) is 11.3 Å². The maximum absolute atomic E-state index is 12.5. The molecule has 2 aromatic carbocycles. The number of thiazole rings is 1. The van der Waals surface area contributed by atoms with Gasteiger partial charge in [-0.1, -0.05) is 31.0 Å². The van der Waals surface area contributed by atoms with Crippen molar-refractivity contribution in [1.29, 1.82) is 0 Å². The number of benzene rings is 2. The average molecular weight is 361 g/mol. The van der Waals surface area contributed by atoms with Crippen LogP contribution >= 0.6 is 22.9 Å². The highest BCUT2D eigenvalue weighted by Crippen LogP contribution is 2.32. The first-order valence-electron chi connectivity index (χ1n) is 7.75. The number of hydrogen-bond acceptors (Lipinski definition) is 4. The molecule has 0 saturated heterocycles. The largest absolute Gasteiger partial charge is 0.494 e. The van der Waals surface area contributed by atoms with Crippen molar-refractivity contribution in [3.8, 4) is 5.75 Å². The van der Waals surface area contributed by atoms with Crippen LogP contribution in [-0.2, 0) is 0 Å². The molecule has 0 radical (unpaired) electrons. The Morgan fingerprint density at radius 3 is 3.04 bits per heavy atom. The molecule has 1 heterocycles. The highest BCUT2D eigenvalue weighted by atomic mass is 35.5. The third kappa shape index (κ3) is 3.68. The molecule has 0 spiro atoms. The third-order valence-corrected chi connectivity index (χ3v) is 4.71. The van der Waals surface area contributed by atoms with Crippen molar-refractivity contribution in [1.82, 2.24) is 4.98 Å². The summed E-state index contributed by atoms with van der Waals surface area (Å²) in [6.45, 7) is 2.76. The minimum Gasteiger partial charge on any atom is -0.494 e. The Morgan fingerprint density at radius 2 is 2.21 bits per heavy atom. The van der Waals surface area contributed by atoms with E-state index in [0.29, 0.717) is 34.1 Å². The van der Waals surface area contributed by atoms with Gasteiger partial charge in [-0.3, -0.25) is 4.79 Å². The zero-order chi connectivity index (χ0) is 16.9. The van der Waals surface area contributed by atoms with Gasteiger partial charge in [-0.25, -0.2) is 4.98 Å². The number of hydrogen-bond donors (Lipinski definition) is 1. The number of fused-ring (bicyclic) bond motifs is 1. The lowest BCUT2D eigenvalue weighted by Crippen LogP contribution is -2.12. The number of halogens is 1. The smallest absolute Gasteiger partial charge is 0.255 e. The fourth-order valence-electron chi connectivity index (χ4n) is 2.27. The van der Waals surface area contributed by atoms with E-state index in [1.807, 2.05) is 12.1 Å². The van der Waals surface area contributed by atoms with E-state index >= 15 is 0 Å². The molecule has 1 amide bonds. The zero-order valence-corrected chi connectivity index (χ0v) is 14.8. The molecule has 0 atom stereocenters. The minimum atomic E-state index is -0.187. The number of amides is 1. The lowest BCUT2D eigenvalue weighted by molar-refractivity contribution is 0.102. The molecule has 1 N–H and O–H groups in total. The van der Waals surface area contributed by atoms with E-state index in [0.717, 1.165) is 17.5 Å². The molecule has 0 aliphatic rings. The zero-order valence-electron chi connectivity index (χ0n) is 13.2. The van der Waals surface area contributed by atoms with Crippen LogP contribution in [0.4, 0.5) is 5.69 Å². The third-order valence-electron chi connectivity index (χ3n) is 3.55. The number of nitrogens with one attached hydrogen (secondary N) is 1. The van der Waals surface area contributed by atoms with Gasteiger partial charge in [0, 0.05) is 5.56 Å². The van der Waals surface area contributed by atoms with E-state index in [-0.39, 0.29) is 5.91 Å². The highest BCUT2D eigenvalue weighted by molar-refractivity contribution is 7.17. The summed E-state index contributed by atoms with van der Waals surface area (Å²) in [5.41, 5.74) is 3.68. The Balaban J connectivity index is 1.78. The second-order valence-corrected chi connectivity index (χ2v) is 6.57. The number of carbonyl (C=O) groups is 1. The second kappa shape index (κ2) is 7.64. The lowest BCUT2D eigenvalue weighted by Gasteiger charge is -2.09. The van der Waals surface area contributed by atoms with Gasteiger partial charge in [0.2, 0.25) is 0 Å². The molecule has 0 fully saturated rings. The molecule has 0 aliphatic heterocycles. The number of unbranched alkanes of at least 4 members (excludes halogenated alkanes) is 1. The molecule has 1 aromatic heterocycles. The fourth-order valence-corrected chi connectivity index (χ4v) is 3.32. The Bertz CT molecular complexity index is 863. The fraction of sp³-hybridized carbons (Fsp3) is 0.222. The molecule has 3 rings (SSSR count). The molecule has 0 bridgehead atoms. The minimum absolute atomic E-state index is 0.187. The Labute approximate surface area is 149 Å². The van der Waals surface area contributed by atoms with Crippen LogP contribution in [0.15, 0.2) is 41.9 Å². The van der Waals surface area contributed by atoms with E-state index in [4.69, 9.17) is 16.3 Å². The predicted molar refractivity (Wildman–Crippen MR) is 99.4 cm³/mol. The first-order chi connectivity index (χ1) is 11.7. The highest BCUT2D eigenvalue weighted by Gasteiger charge is 2.12. The summed E-state index contributed by atoms with van der Waals surface area (Å²) in [5.74, 6) is 0.517. The summed E-state index contributed by atoms with van der Waals surface area (Å²) in [4.78, 5) is 16.8. The molecule has 6 heteroatoms. The molecule has 24 heavy (non-hydrogen) atoms. The van der Waals surface area contributed by atoms with Crippen LogP contribution in [-0.4, -0.2) is 17.5 Å². The van der Waals surface area contributed by atoms with Crippen molar-refractivity contribution in [3.05, 3.63) is 52.5 Å². The summed E-state index contributed by atoms with van der Waals surface area (Å²) in [6, 6.07) is 10.7. The normalized spacial score (nSPS) is 10.8. The standard InChI is InChI=1S/C18H17ClN2O2S/c1-2-3-9-23-13-6-4-5-12(10-13)18(22)21-15-8-7-14(19)16-17(15)24-11-20-16/h4-8,10-11H,2-3,9H2,1H3,(H,21,22). The number of ether oxygens (including phenoxy) is 1. The van der Waals surface area contributed by atoms with Crippen LogP contribution in [0.1, 0.15) is 30.1 Å². The van der Waals surface area contributed by atoms with Crippen molar-refractivity contribution >= 4 is 44.7 Å². The Kier molecular flexibility index (Phi) is 5.33. The van der Waals surface area contributed by atoms with Gasteiger partial charge in [0.25, 0.3) is 5.91 Å². The first-order valence-corrected chi connectivity index (χ1v) is 9.00. The number of aromatic nitrogens is 1. The van der Waals surface area contributed by atoms with Gasteiger partial charge in [-0.2, -0.15) is 0 Å². The van der Waals surface area contributed by atoms with Gasteiger partial charge < -0.3 is 10.1 Å². The lowest BCUT2D eigenvalue weighted by atomic mass is 10.2. The van der Waals surface area contributed by atoms with Crippen LogP contribution in [0.3, 0.4) is 0 Å². The molecule has 0 unspecified atom stereocenters. The summed E-state index contributed by atoms with van der Waals surface area (Å²) in [6.07, 6.45) is 2.06. The summed E-state index contributed by atoms with van der Waals surface area (Å²) in [5, 5.41) is 3.51. The molecule has 3 aromatic rings. The topological polar surface area (TPSA) is 51.2 Å². The maximum Gasteiger partial charge on any atom is 0.255 e. The summed E-state index contributed by atoms with van der Waals surface area (Å²) in [7, 11) is 0. The van der Waals surface area contributed by atoms with Gasteiger partial charge in [0.05, 0.1) is 27.5 Å². The number of rotatable bonds is 6. The van der Waals surface area contributed by atoms with Crippen LogP contribution in [0.25, 0.3) is 10.2 Å². The van der Waals surface area contributed by atoms with Crippen molar-refractivity contribution in [2.45, 2.75) is 19.8 Å². The van der Waals surface area contributed by atoms with Gasteiger partial charge >= 0.3 is 0 Å². The molecule has 0 saturated carbocycles.